The molecule has 0 unspecified atom stereocenters. The summed E-state index contributed by atoms with van der Waals surface area (Å²) in [7, 11) is 1.39. The van der Waals surface area contributed by atoms with Gasteiger partial charge in [0.2, 0.25) is 0 Å². The normalized spacial score (nSPS) is 14.8. The summed E-state index contributed by atoms with van der Waals surface area (Å²) in [6.45, 7) is 6.73. The average molecular weight is 481 g/mol. The molecule has 1 saturated heterocycles. The molecule has 0 saturated carbocycles. The molecule has 1 aromatic carbocycles. The average Bonchev–Trinajstić information content (AvgIpc) is 2.61. The first-order chi connectivity index (χ1) is 11.7. The number of carbonyl (C=O) groups excluding carboxylic acids is 1. The number of hydrogen-bond donors (Lipinski definition) is 1. The van der Waals surface area contributed by atoms with E-state index in [0.717, 1.165) is 49.4 Å². The third-order valence-electron chi connectivity index (χ3n) is 3.91. The Morgan fingerprint density at radius 1 is 1.28 bits per heavy atom. The molecule has 1 aromatic rings. The predicted octanol–water partition coefficient (Wildman–Crippen LogP) is 2.61. The van der Waals surface area contributed by atoms with Crippen LogP contribution in [-0.2, 0) is 9.53 Å². The molecular formula is C17H26ClIN4O2. The molecule has 1 aliphatic heterocycles. The van der Waals surface area contributed by atoms with E-state index in [-0.39, 0.29) is 29.9 Å². The summed E-state index contributed by atoms with van der Waals surface area (Å²) in [5, 5.41) is 4.07. The molecule has 1 heterocycles. The van der Waals surface area contributed by atoms with Crippen molar-refractivity contribution in [3.05, 3.63) is 29.3 Å². The Hall–Kier alpha value is -1.22. The van der Waals surface area contributed by atoms with Crippen LogP contribution in [0.15, 0.2) is 29.3 Å². The van der Waals surface area contributed by atoms with Crippen LogP contribution in [0.2, 0.25) is 5.02 Å². The first kappa shape index (κ1) is 21.8. The van der Waals surface area contributed by atoms with Crippen LogP contribution in [0.25, 0.3) is 0 Å². The Morgan fingerprint density at radius 2 is 1.96 bits per heavy atom. The van der Waals surface area contributed by atoms with Gasteiger partial charge in [-0.2, -0.15) is 0 Å². The van der Waals surface area contributed by atoms with E-state index in [2.05, 4.69) is 24.8 Å². The van der Waals surface area contributed by atoms with Gasteiger partial charge in [-0.25, -0.2) is 0 Å². The molecule has 1 aliphatic rings. The lowest BCUT2D eigenvalue weighted by Gasteiger charge is -2.38. The highest BCUT2D eigenvalue weighted by Gasteiger charge is 2.21. The molecule has 6 nitrogen and oxygen atoms in total. The van der Waals surface area contributed by atoms with E-state index in [1.165, 1.54) is 7.11 Å². The van der Waals surface area contributed by atoms with E-state index in [1.54, 1.807) is 0 Å². The highest BCUT2D eigenvalue weighted by atomic mass is 127. The molecule has 0 aliphatic carbocycles. The number of hydrogen-bond acceptors (Lipinski definition) is 4. The number of methoxy groups -OCH3 is 1. The summed E-state index contributed by atoms with van der Waals surface area (Å²) in [6, 6.07) is 7.92. The van der Waals surface area contributed by atoms with Crippen molar-refractivity contribution >= 4 is 53.2 Å². The van der Waals surface area contributed by atoms with E-state index in [4.69, 9.17) is 11.6 Å². The van der Waals surface area contributed by atoms with Crippen molar-refractivity contribution < 1.29 is 9.53 Å². The van der Waals surface area contributed by atoms with Crippen molar-refractivity contribution in [2.75, 3.05) is 51.3 Å². The second-order valence-corrected chi connectivity index (χ2v) is 5.89. The first-order valence-corrected chi connectivity index (χ1v) is 8.63. The molecule has 0 radical (unpaired) electrons. The maximum atomic E-state index is 11.2. The third-order valence-corrected chi connectivity index (χ3v) is 4.23. The SMILES string of the molecule is CCNC(=NCCC(=O)OC)N1CCN(c2ccccc2Cl)CC1.I. The zero-order valence-corrected chi connectivity index (χ0v) is 17.8. The molecule has 1 fully saturated rings. The molecule has 0 amide bonds. The molecule has 0 bridgehead atoms. The summed E-state index contributed by atoms with van der Waals surface area (Å²) >= 11 is 6.28. The van der Waals surface area contributed by atoms with E-state index in [9.17, 15) is 4.79 Å². The van der Waals surface area contributed by atoms with Gasteiger partial charge in [0, 0.05) is 32.7 Å². The number of carbonyl (C=O) groups is 1. The molecule has 2 rings (SSSR count). The monoisotopic (exact) mass is 480 g/mol. The number of nitrogens with one attached hydrogen (secondary N) is 1. The van der Waals surface area contributed by atoms with Crippen LogP contribution in [0.3, 0.4) is 0 Å². The Bertz CT molecular complexity index is 578. The number of para-hydroxylation sites is 1. The lowest BCUT2D eigenvalue weighted by Crippen LogP contribution is -2.52. The van der Waals surface area contributed by atoms with Gasteiger partial charge in [-0.1, -0.05) is 23.7 Å². The molecule has 8 heteroatoms. The molecule has 0 atom stereocenters. The highest BCUT2D eigenvalue weighted by molar-refractivity contribution is 14.0. The van der Waals surface area contributed by atoms with Crippen LogP contribution in [0.1, 0.15) is 13.3 Å². The fourth-order valence-electron chi connectivity index (χ4n) is 2.65. The third kappa shape index (κ3) is 6.54. The number of benzene rings is 1. The second-order valence-electron chi connectivity index (χ2n) is 5.49. The van der Waals surface area contributed by atoms with E-state index in [1.807, 2.05) is 31.2 Å². The second kappa shape index (κ2) is 11.4. The predicted molar refractivity (Wildman–Crippen MR) is 113 cm³/mol. The number of anilines is 1. The Balaban J connectivity index is 0.00000312. The minimum atomic E-state index is -0.238. The van der Waals surface area contributed by atoms with E-state index in [0.29, 0.717) is 13.0 Å². The molecule has 0 aromatic heterocycles. The summed E-state index contributed by atoms with van der Waals surface area (Å²) in [4.78, 5) is 20.2. The summed E-state index contributed by atoms with van der Waals surface area (Å²) < 4.78 is 4.65. The number of ether oxygens (including phenoxy) is 1. The number of aliphatic imine (C=N–C) groups is 1. The fraction of sp³-hybridized carbons (Fsp3) is 0.529. The lowest BCUT2D eigenvalue weighted by atomic mass is 10.2. The molecular weight excluding hydrogens is 455 g/mol. The molecule has 140 valence electrons. The van der Waals surface area contributed by atoms with E-state index < -0.39 is 0 Å². The zero-order chi connectivity index (χ0) is 17.4. The van der Waals surface area contributed by atoms with Gasteiger partial charge in [0.1, 0.15) is 0 Å². The van der Waals surface area contributed by atoms with Gasteiger partial charge in [-0.15, -0.1) is 24.0 Å². The van der Waals surface area contributed by atoms with Crippen LogP contribution < -0.4 is 10.2 Å². The molecule has 25 heavy (non-hydrogen) atoms. The summed E-state index contributed by atoms with van der Waals surface area (Å²) in [6.07, 6.45) is 0.297. The maximum absolute atomic E-state index is 11.2. The standard InChI is InChI=1S/C17H25ClN4O2.HI/c1-3-19-17(20-9-8-16(23)24-2)22-12-10-21(11-13-22)15-7-5-4-6-14(15)18;/h4-7H,3,8-13H2,1-2H3,(H,19,20);1H. The number of piperazine rings is 1. The summed E-state index contributed by atoms with van der Waals surface area (Å²) in [5.41, 5.74) is 1.08. The van der Waals surface area contributed by atoms with Crippen molar-refractivity contribution in [2.24, 2.45) is 4.99 Å². The van der Waals surface area contributed by atoms with Gasteiger partial charge in [-0.05, 0) is 19.1 Å². The van der Waals surface area contributed by atoms with Crippen molar-refractivity contribution in [1.29, 1.82) is 0 Å². The number of nitrogens with zero attached hydrogens (tertiary/aromatic N) is 3. The minimum Gasteiger partial charge on any atom is -0.469 e. The van der Waals surface area contributed by atoms with Gasteiger partial charge in [0.15, 0.2) is 5.96 Å². The quantitative estimate of drug-likeness (QED) is 0.304. The number of esters is 1. The van der Waals surface area contributed by atoms with Crippen LogP contribution in [0.4, 0.5) is 5.69 Å². The summed E-state index contributed by atoms with van der Waals surface area (Å²) in [5.74, 6) is 0.610. The Morgan fingerprint density at radius 3 is 2.56 bits per heavy atom. The topological polar surface area (TPSA) is 57.2 Å². The van der Waals surface area contributed by atoms with Crippen molar-refractivity contribution in [3.63, 3.8) is 0 Å². The number of guanidine groups is 1. The van der Waals surface area contributed by atoms with Crippen molar-refractivity contribution in [1.82, 2.24) is 10.2 Å². The van der Waals surface area contributed by atoms with Gasteiger partial charge >= 0.3 is 5.97 Å². The minimum absolute atomic E-state index is 0. The van der Waals surface area contributed by atoms with Gasteiger partial charge in [0.25, 0.3) is 0 Å². The largest absolute Gasteiger partial charge is 0.469 e. The Labute approximate surface area is 171 Å². The maximum Gasteiger partial charge on any atom is 0.307 e. The molecule has 1 N–H and O–H groups in total. The fourth-order valence-corrected chi connectivity index (χ4v) is 2.90. The van der Waals surface area contributed by atoms with Crippen LogP contribution >= 0.6 is 35.6 Å². The van der Waals surface area contributed by atoms with E-state index >= 15 is 0 Å². The van der Waals surface area contributed by atoms with Crippen molar-refractivity contribution in [3.8, 4) is 0 Å². The van der Waals surface area contributed by atoms with Gasteiger partial charge < -0.3 is 19.9 Å². The van der Waals surface area contributed by atoms with Crippen LogP contribution in [-0.4, -0.2) is 63.2 Å². The van der Waals surface area contributed by atoms with Crippen molar-refractivity contribution in [2.45, 2.75) is 13.3 Å². The van der Waals surface area contributed by atoms with Crippen LogP contribution in [0.5, 0.6) is 0 Å². The molecule has 0 spiro atoms. The Kier molecular flexibility index (Phi) is 9.96. The van der Waals surface area contributed by atoms with Gasteiger partial charge in [-0.3, -0.25) is 9.79 Å². The number of rotatable bonds is 5. The van der Waals surface area contributed by atoms with Crippen LogP contribution in [0, 0.1) is 0 Å². The smallest absolute Gasteiger partial charge is 0.307 e. The highest BCUT2D eigenvalue weighted by Crippen LogP contribution is 2.25. The zero-order valence-electron chi connectivity index (χ0n) is 14.7. The van der Waals surface area contributed by atoms with Gasteiger partial charge in [0.05, 0.1) is 30.8 Å². The number of halogens is 2. The lowest BCUT2D eigenvalue weighted by molar-refractivity contribution is -0.140. The first-order valence-electron chi connectivity index (χ1n) is 8.25.